The molecule has 0 radical (unpaired) electrons. The SMILES string of the molecule is CN1CCN(c2ccc(CC3=NC4C=CN(C)C4C(Nc4ccccc4P(C)(C)=O)=N3)cc2)CC1. The van der Waals surface area contributed by atoms with Gasteiger partial charge in [0.05, 0.1) is 11.7 Å². The molecule has 1 N–H and O–H groups in total. The first kappa shape index (κ1) is 23.8. The summed E-state index contributed by atoms with van der Waals surface area (Å²) < 4.78 is 12.9. The van der Waals surface area contributed by atoms with E-state index in [-0.39, 0.29) is 12.1 Å². The van der Waals surface area contributed by atoms with E-state index in [1.165, 1.54) is 11.3 Å². The summed E-state index contributed by atoms with van der Waals surface area (Å²) >= 11 is 0. The summed E-state index contributed by atoms with van der Waals surface area (Å²) in [5, 5.41) is 4.38. The van der Waals surface area contributed by atoms with Crippen molar-refractivity contribution in [3.8, 4) is 0 Å². The Bertz CT molecular complexity index is 1210. The van der Waals surface area contributed by atoms with Crippen LogP contribution >= 0.6 is 7.14 Å². The van der Waals surface area contributed by atoms with Crippen LogP contribution in [0.2, 0.25) is 0 Å². The van der Waals surface area contributed by atoms with Crippen molar-refractivity contribution in [2.75, 3.05) is 63.8 Å². The zero-order chi connectivity index (χ0) is 24.6. The smallest absolute Gasteiger partial charge is 0.133 e. The Morgan fingerprint density at radius 2 is 1.71 bits per heavy atom. The number of nitrogens with one attached hydrogen (secondary N) is 1. The van der Waals surface area contributed by atoms with Crippen LogP contribution in [0.15, 0.2) is 70.8 Å². The Morgan fingerprint density at radius 1 is 1.00 bits per heavy atom. The molecule has 1 fully saturated rings. The van der Waals surface area contributed by atoms with Gasteiger partial charge in [-0.1, -0.05) is 24.3 Å². The lowest BCUT2D eigenvalue weighted by Crippen LogP contribution is -2.46. The third kappa shape index (κ3) is 5.21. The highest BCUT2D eigenvalue weighted by Gasteiger charge is 2.35. The van der Waals surface area contributed by atoms with E-state index in [2.05, 4.69) is 63.6 Å². The van der Waals surface area contributed by atoms with Crippen molar-refractivity contribution in [2.45, 2.75) is 18.5 Å². The van der Waals surface area contributed by atoms with Crippen molar-refractivity contribution in [1.29, 1.82) is 0 Å². The summed E-state index contributed by atoms with van der Waals surface area (Å²) in [4.78, 5) is 16.9. The molecule has 35 heavy (non-hydrogen) atoms. The van der Waals surface area contributed by atoms with Crippen molar-refractivity contribution in [1.82, 2.24) is 9.80 Å². The summed E-state index contributed by atoms with van der Waals surface area (Å²) in [5.41, 5.74) is 3.33. The first-order valence-corrected chi connectivity index (χ1v) is 14.9. The van der Waals surface area contributed by atoms with E-state index in [4.69, 9.17) is 9.98 Å². The molecule has 2 aromatic carbocycles. The predicted molar refractivity (Wildman–Crippen MR) is 148 cm³/mol. The molecule has 3 aliphatic heterocycles. The van der Waals surface area contributed by atoms with Crippen molar-refractivity contribution in [3.05, 3.63) is 66.4 Å². The first-order valence-electron chi connectivity index (χ1n) is 12.3. The van der Waals surface area contributed by atoms with Crippen LogP contribution in [0.25, 0.3) is 0 Å². The second kappa shape index (κ2) is 9.63. The molecule has 0 bridgehead atoms. The van der Waals surface area contributed by atoms with Gasteiger partial charge < -0.3 is 24.6 Å². The molecular formula is C27H35N6OP. The molecule has 0 amide bonds. The lowest BCUT2D eigenvalue weighted by atomic mass is 10.1. The van der Waals surface area contributed by atoms with Crippen molar-refractivity contribution >= 4 is 35.5 Å². The Morgan fingerprint density at radius 3 is 2.43 bits per heavy atom. The van der Waals surface area contributed by atoms with Crippen LogP contribution in [-0.4, -0.2) is 87.2 Å². The minimum atomic E-state index is -2.44. The van der Waals surface area contributed by atoms with E-state index in [9.17, 15) is 4.57 Å². The van der Waals surface area contributed by atoms with Crippen LogP contribution < -0.4 is 15.5 Å². The maximum atomic E-state index is 12.9. The highest BCUT2D eigenvalue weighted by molar-refractivity contribution is 7.70. The number of nitrogens with zero attached hydrogens (tertiary/aromatic N) is 5. The zero-order valence-corrected chi connectivity index (χ0v) is 21.9. The normalized spacial score (nSPS) is 22.6. The third-order valence-electron chi connectivity index (χ3n) is 7.02. The van der Waals surface area contributed by atoms with E-state index in [0.717, 1.165) is 48.8 Å². The van der Waals surface area contributed by atoms with Gasteiger partial charge in [-0.25, -0.2) is 4.99 Å². The number of likely N-dealkylation sites (N-methyl/N-ethyl adjacent to an activating group) is 2. The third-order valence-corrected chi connectivity index (χ3v) is 8.57. The van der Waals surface area contributed by atoms with Gasteiger partial charge in [0.1, 0.15) is 24.9 Å². The van der Waals surface area contributed by atoms with Crippen molar-refractivity contribution in [3.63, 3.8) is 0 Å². The van der Waals surface area contributed by atoms with Crippen LogP contribution in [0, 0.1) is 0 Å². The largest absolute Gasteiger partial charge is 0.369 e. The van der Waals surface area contributed by atoms with Gasteiger partial charge in [-0.3, -0.25) is 4.99 Å². The maximum Gasteiger partial charge on any atom is 0.133 e. The van der Waals surface area contributed by atoms with Gasteiger partial charge in [0.15, 0.2) is 0 Å². The number of aliphatic imine (C=N–C) groups is 2. The number of para-hydroxylation sites is 1. The Balaban J connectivity index is 1.37. The van der Waals surface area contributed by atoms with Gasteiger partial charge in [-0.15, -0.1) is 0 Å². The van der Waals surface area contributed by atoms with E-state index in [0.29, 0.717) is 6.42 Å². The van der Waals surface area contributed by atoms with Crippen LogP contribution in [0.4, 0.5) is 11.4 Å². The number of anilines is 2. The number of rotatable bonds is 5. The number of fused-ring (bicyclic) bond motifs is 1. The summed E-state index contributed by atoms with van der Waals surface area (Å²) in [5.74, 6) is 1.66. The minimum absolute atomic E-state index is 0.0134. The number of amidine groups is 2. The number of benzene rings is 2. The highest BCUT2D eigenvalue weighted by atomic mass is 31.2. The Labute approximate surface area is 208 Å². The van der Waals surface area contributed by atoms with Crippen LogP contribution in [0.5, 0.6) is 0 Å². The van der Waals surface area contributed by atoms with E-state index in [1.807, 2.05) is 31.3 Å². The molecular weight excluding hydrogens is 455 g/mol. The van der Waals surface area contributed by atoms with Gasteiger partial charge in [0.2, 0.25) is 0 Å². The van der Waals surface area contributed by atoms with Crippen LogP contribution in [-0.2, 0) is 11.0 Å². The fourth-order valence-corrected chi connectivity index (χ4v) is 6.14. The fraction of sp³-hybridized carbons (Fsp3) is 0.407. The summed E-state index contributed by atoms with van der Waals surface area (Å²) in [6, 6.07) is 16.7. The van der Waals surface area contributed by atoms with Gasteiger partial charge in [-0.05, 0) is 62.5 Å². The molecule has 3 heterocycles. The maximum absolute atomic E-state index is 12.9. The molecule has 184 valence electrons. The van der Waals surface area contributed by atoms with Gasteiger partial charge in [-0.2, -0.15) is 0 Å². The molecule has 0 spiro atoms. The first-order chi connectivity index (χ1) is 16.8. The highest BCUT2D eigenvalue weighted by Crippen LogP contribution is 2.38. The molecule has 0 aliphatic carbocycles. The minimum Gasteiger partial charge on any atom is -0.369 e. The second-order valence-corrected chi connectivity index (χ2v) is 13.3. The summed E-state index contributed by atoms with van der Waals surface area (Å²) in [6.07, 6.45) is 4.88. The average Bonchev–Trinajstić information content (AvgIpc) is 3.20. The molecule has 2 atom stereocenters. The fourth-order valence-electron chi connectivity index (χ4n) is 4.98. The Hall–Kier alpha value is -2.89. The number of hydrogen-bond donors (Lipinski definition) is 1. The topological polar surface area (TPSA) is 63.5 Å². The average molecular weight is 491 g/mol. The van der Waals surface area contributed by atoms with Gasteiger partial charge in [0.25, 0.3) is 0 Å². The molecule has 5 rings (SSSR count). The Kier molecular flexibility index (Phi) is 6.56. The molecule has 8 heteroatoms. The monoisotopic (exact) mass is 490 g/mol. The summed E-state index contributed by atoms with van der Waals surface area (Å²) in [6.45, 7) is 7.94. The van der Waals surface area contributed by atoms with E-state index in [1.54, 1.807) is 13.3 Å². The molecule has 7 nitrogen and oxygen atoms in total. The van der Waals surface area contributed by atoms with Crippen LogP contribution in [0.3, 0.4) is 0 Å². The molecule has 0 saturated carbocycles. The summed E-state index contributed by atoms with van der Waals surface area (Å²) in [7, 11) is 1.79. The molecule has 2 aromatic rings. The predicted octanol–water partition coefficient (Wildman–Crippen LogP) is 3.35. The number of hydrogen-bond acceptors (Lipinski definition) is 7. The number of piperazine rings is 1. The van der Waals surface area contributed by atoms with Crippen molar-refractivity contribution < 1.29 is 4.57 Å². The van der Waals surface area contributed by atoms with Crippen LogP contribution in [0.1, 0.15) is 5.56 Å². The standard InChI is InChI=1S/C27H35N6OP/c1-31-15-17-33(18-16-31)21-11-9-20(10-12-21)19-25-28-23-13-14-32(2)26(23)27(30-25)29-22-7-5-6-8-24(22)35(3,4)34/h5-14,23,26H,15-19H2,1-4H3,(H,28,29,30). The second-order valence-electron chi connectivity index (χ2n) is 10.1. The van der Waals surface area contributed by atoms with Gasteiger partial charge >= 0.3 is 0 Å². The zero-order valence-electron chi connectivity index (χ0n) is 21.1. The van der Waals surface area contributed by atoms with E-state index < -0.39 is 7.14 Å². The van der Waals surface area contributed by atoms with Crippen molar-refractivity contribution in [2.24, 2.45) is 9.98 Å². The molecule has 0 aromatic heterocycles. The van der Waals surface area contributed by atoms with Gasteiger partial charge in [0, 0.05) is 50.6 Å². The lowest BCUT2D eigenvalue weighted by Gasteiger charge is -2.34. The quantitative estimate of drug-likeness (QED) is 0.652. The molecule has 1 saturated heterocycles. The molecule has 2 unspecified atom stereocenters. The molecule has 3 aliphatic rings. The van der Waals surface area contributed by atoms with E-state index >= 15 is 0 Å². The lowest BCUT2D eigenvalue weighted by molar-refractivity contribution is 0.313.